The van der Waals surface area contributed by atoms with Gasteiger partial charge in [-0.1, -0.05) is 20.8 Å². The summed E-state index contributed by atoms with van der Waals surface area (Å²) in [5.41, 5.74) is -0.804. The summed E-state index contributed by atoms with van der Waals surface area (Å²) < 4.78 is 52.8. The molecule has 0 aliphatic carbocycles. The van der Waals surface area contributed by atoms with Gasteiger partial charge in [0.1, 0.15) is 19.3 Å². The van der Waals surface area contributed by atoms with Crippen LogP contribution in [0.4, 0.5) is 0 Å². The molecule has 9 nitrogen and oxygen atoms in total. The third-order valence-electron chi connectivity index (χ3n) is 4.59. The van der Waals surface area contributed by atoms with Crippen LogP contribution in [0.15, 0.2) is 0 Å². The molecule has 0 N–H and O–H groups in total. The van der Waals surface area contributed by atoms with Crippen LogP contribution in [0.2, 0.25) is 0 Å². The van der Waals surface area contributed by atoms with Crippen molar-refractivity contribution in [3.05, 3.63) is 0 Å². The quantitative estimate of drug-likeness (QED) is 0.265. The normalized spacial score (nSPS) is 15.2. The van der Waals surface area contributed by atoms with Crippen molar-refractivity contribution in [3.63, 3.8) is 0 Å². The van der Waals surface area contributed by atoms with Crippen LogP contribution in [0.3, 0.4) is 0 Å². The molecule has 0 aliphatic rings. The molecular weight excluding hydrogens is 426 g/mol. The van der Waals surface area contributed by atoms with Crippen molar-refractivity contribution in [1.82, 2.24) is 4.31 Å². The molecule has 10 heteroatoms. The fourth-order valence-corrected chi connectivity index (χ4v) is 3.90. The molecule has 2 atom stereocenters. The van der Waals surface area contributed by atoms with Crippen LogP contribution < -0.4 is 0 Å². The SMILES string of the molecule is COCCOCCOCC(=O)OC[C@H](CN(C(C)(C)C)S(C)(=O)=O)O[C@@H](C)C(C)(C)C. The van der Waals surface area contributed by atoms with E-state index in [-0.39, 0.29) is 37.9 Å². The average molecular weight is 470 g/mol. The second-order valence-corrected chi connectivity index (χ2v) is 11.5. The number of hydrogen-bond donors (Lipinski definition) is 0. The summed E-state index contributed by atoms with van der Waals surface area (Å²) in [6.07, 6.45) is 0.361. The standard InChI is InChI=1S/C21H43NO8S/c1-17(20(2,3)4)30-18(14-22(21(5,6)7)31(9,24)25)15-29-19(23)16-28-13-12-27-11-10-26-8/h17-18H,10-16H2,1-9H3/t17-,18-/m0/s1. The monoisotopic (exact) mass is 469 g/mol. The Labute approximate surface area is 188 Å². The summed E-state index contributed by atoms with van der Waals surface area (Å²) in [4.78, 5) is 12.0. The van der Waals surface area contributed by atoms with E-state index >= 15 is 0 Å². The van der Waals surface area contributed by atoms with E-state index in [4.69, 9.17) is 23.7 Å². The Bertz CT molecular complexity index is 610. The molecule has 0 aliphatic heterocycles. The fraction of sp³-hybridized carbons (Fsp3) is 0.952. The number of methoxy groups -OCH3 is 1. The molecular formula is C21H43NO8S. The molecule has 0 radical (unpaired) electrons. The first-order chi connectivity index (χ1) is 14.1. The lowest BCUT2D eigenvalue weighted by Gasteiger charge is -2.38. The second kappa shape index (κ2) is 13.7. The van der Waals surface area contributed by atoms with Gasteiger partial charge in [-0.3, -0.25) is 0 Å². The lowest BCUT2D eigenvalue weighted by atomic mass is 9.90. The number of carbonyl (C=O) groups is 1. The van der Waals surface area contributed by atoms with Gasteiger partial charge in [0.2, 0.25) is 10.0 Å². The summed E-state index contributed by atoms with van der Waals surface area (Å²) in [6, 6.07) is 0. The number of esters is 1. The maximum absolute atomic E-state index is 12.3. The van der Waals surface area contributed by atoms with E-state index in [0.717, 1.165) is 6.26 Å². The fourth-order valence-electron chi connectivity index (χ4n) is 2.46. The lowest BCUT2D eigenvalue weighted by Crippen LogP contribution is -2.51. The van der Waals surface area contributed by atoms with Crippen molar-refractivity contribution >= 4 is 16.0 Å². The van der Waals surface area contributed by atoms with Crippen molar-refractivity contribution in [1.29, 1.82) is 0 Å². The predicted octanol–water partition coefficient (Wildman–Crippen LogP) is 2.09. The van der Waals surface area contributed by atoms with Gasteiger partial charge in [-0.15, -0.1) is 0 Å². The van der Waals surface area contributed by atoms with Gasteiger partial charge in [-0.2, -0.15) is 4.31 Å². The minimum absolute atomic E-state index is 0.0736. The van der Waals surface area contributed by atoms with Gasteiger partial charge in [-0.05, 0) is 33.1 Å². The van der Waals surface area contributed by atoms with Gasteiger partial charge >= 0.3 is 5.97 Å². The van der Waals surface area contributed by atoms with E-state index in [0.29, 0.717) is 19.8 Å². The average Bonchev–Trinajstić information content (AvgIpc) is 2.60. The summed E-state index contributed by atoms with van der Waals surface area (Å²) in [7, 11) is -1.90. The zero-order valence-electron chi connectivity index (χ0n) is 20.7. The van der Waals surface area contributed by atoms with E-state index in [2.05, 4.69) is 0 Å². The van der Waals surface area contributed by atoms with Crippen LogP contribution in [0, 0.1) is 5.41 Å². The van der Waals surface area contributed by atoms with Gasteiger partial charge in [0.25, 0.3) is 0 Å². The molecule has 0 unspecified atom stereocenters. The number of rotatable bonds is 15. The molecule has 0 saturated carbocycles. The van der Waals surface area contributed by atoms with Crippen LogP contribution in [0.25, 0.3) is 0 Å². The van der Waals surface area contributed by atoms with Crippen LogP contribution in [0.5, 0.6) is 0 Å². The Morgan fingerprint density at radius 2 is 1.52 bits per heavy atom. The maximum Gasteiger partial charge on any atom is 0.332 e. The van der Waals surface area contributed by atoms with Crippen molar-refractivity contribution in [2.75, 3.05) is 59.6 Å². The molecule has 31 heavy (non-hydrogen) atoms. The number of hydrogen-bond acceptors (Lipinski definition) is 8. The summed E-state index contributed by atoms with van der Waals surface area (Å²) in [5, 5.41) is 0. The van der Waals surface area contributed by atoms with Gasteiger partial charge in [0.15, 0.2) is 0 Å². The molecule has 0 aromatic heterocycles. The Hall–Kier alpha value is -0.780. The highest BCUT2D eigenvalue weighted by molar-refractivity contribution is 7.88. The van der Waals surface area contributed by atoms with Gasteiger partial charge < -0.3 is 23.7 Å². The van der Waals surface area contributed by atoms with Gasteiger partial charge in [0.05, 0.1) is 38.8 Å². The minimum atomic E-state index is -3.49. The molecule has 0 aromatic carbocycles. The highest BCUT2D eigenvalue weighted by Crippen LogP contribution is 2.25. The molecule has 0 amide bonds. The largest absolute Gasteiger partial charge is 0.461 e. The predicted molar refractivity (Wildman–Crippen MR) is 120 cm³/mol. The Morgan fingerprint density at radius 1 is 0.968 bits per heavy atom. The number of nitrogens with zero attached hydrogens (tertiary/aromatic N) is 1. The molecule has 0 spiro atoms. The molecule has 0 aromatic rings. The lowest BCUT2D eigenvalue weighted by molar-refractivity contribution is -0.157. The van der Waals surface area contributed by atoms with E-state index in [1.165, 1.54) is 4.31 Å². The van der Waals surface area contributed by atoms with E-state index in [1.54, 1.807) is 7.11 Å². The summed E-state index contributed by atoms with van der Waals surface area (Å²) >= 11 is 0. The van der Waals surface area contributed by atoms with E-state index in [1.807, 2.05) is 48.5 Å². The molecule has 0 saturated heterocycles. The van der Waals surface area contributed by atoms with Gasteiger partial charge in [-0.25, -0.2) is 13.2 Å². The highest BCUT2D eigenvalue weighted by atomic mass is 32.2. The number of sulfonamides is 1. The van der Waals surface area contributed by atoms with E-state index in [9.17, 15) is 13.2 Å². The van der Waals surface area contributed by atoms with Crippen molar-refractivity contribution in [3.8, 4) is 0 Å². The zero-order valence-corrected chi connectivity index (χ0v) is 21.5. The highest BCUT2D eigenvalue weighted by Gasteiger charge is 2.34. The zero-order chi connectivity index (χ0) is 24.3. The Kier molecular flexibility index (Phi) is 13.4. The summed E-state index contributed by atoms with van der Waals surface area (Å²) in [6.45, 7) is 14.8. The van der Waals surface area contributed by atoms with Crippen molar-refractivity contribution < 1.29 is 36.9 Å². The second-order valence-electron chi connectivity index (χ2n) is 9.57. The van der Waals surface area contributed by atoms with Crippen LogP contribution in [-0.2, 0) is 38.5 Å². The van der Waals surface area contributed by atoms with Gasteiger partial charge in [0, 0.05) is 19.2 Å². The third-order valence-corrected chi connectivity index (χ3v) is 6.09. The maximum atomic E-state index is 12.3. The topological polar surface area (TPSA) is 101 Å². The van der Waals surface area contributed by atoms with Crippen molar-refractivity contribution in [2.24, 2.45) is 5.41 Å². The molecule has 186 valence electrons. The smallest absolute Gasteiger partial charge is 0.332 e. The first-order valence-corrected chi connectivity index (χ1v) is 12.4. The molecule has 0 heterocycles. The molecule has 0 rings (SSSR count). The van der Waals surface area contributed by atoms with Crippen molar-refractivity contribution in [2.45, 2.75) is 66.2 Å². The molecule has 0 bridgehead atoms. The Balaban J connectivity index is 4.87. The first kappa shape index (κ1) is 30.2. The third kappa shape index (κ3) is 14.1. The minimum Gasteiger partial charge on any atom is -0.461 e. The summed E-state index contributed by atoms with van der Waals surface area (Å²) in [5.74, 6) is -0.546. The first-order valence-electron chi connectivity index (χ1n) is 10.5. The number of carbonyl (C=O) groups excluding carboxylic acids is 1. The Morgan fingerprint density at radius 3 is 2.00 bits per heavy atom. The van der Waals surface area contributed by atoms with E-state index < -0.39 is 27.6 Å². The van der Waals surface area contributed by atoms with Crippen LogP contribution >= 0.6 is 0 Å². The van der Waals surface area contributed by atoms with Crippen LogP contribution in [0.1, 0.15) is 48.5 Å². The molecule has 0 fully saturated rings. The van der Waals surface area contributed by atoms with Crippen LogP contribution in [-0.4, -0.2) is 96.0 Å². The number of ether oxygens (including phenoxy) is 5.